The molecule has 2 aromatic rings. The largest absolute Gasteiger partial charge is 0.466 e. The van der Waals surface area contributed by atoms with Crippen molar-refractivity contribution in [2.24, 2.45) is 12.5 Å². The van der Waals surface area contributed by atoms with Crippen LogP contribution in [0.15, 0.2) is 42.6 Å². The summed E-state index contributed by atoms with van der Waals surface area (Å²) < 4.78 is 7.00. The number of carbonyl (C=O) groups excluding carboxylic acids is 2. The summed E-state index contributed by atoms with van der Waals surface area (Å²) in [6.07, 6.45) is 4.61. The first kappa shape index (κ1) is 19.1. The van der Waals surface area contributed by atoms with Crippen molar-refractivity contribution in [3.8, 4) is 0 Å². The van der Waals surface area contributed by atoms with Crippen LogP contribution in [0, 0.1) is 5.41 Å². The van der Waals surface area contributed by atoms with Gasteiger partial charge >= 0.3 is 5.97 Å². The monoisotopic (exact) mass is 369 g/mol. The third-order valence-electron chi connectivity index (χ3n) is 5.35. The van der Waals surface area contributed by atoms with Gasteiger partial charge in [0.15, 0.2) is 0 Å². The lowest BCUT2D eigenvalue weighted by atomic mass is 9.75. The van der Waals surface area contributed by atoms with Crippen molar-refractivity contribution in [2.45, 2.75) is 32.6 Å². The number of nitrogens with zero attached hydrogens (tertiary/aromatic N) is 3. The zero-order valence-electron chi connectivity index (χ0n) is 16.1. The number of aryl methyl sites for hydroxylation is 2. The van der Waals surface area contributed by atoms with Crippen LogP contribution in [-0.4, -0.2) is 46.3 Å². The Morgan fingerprint density at radius 1 is 1.22 bits per heavy atom. The second kappa shape index (κ2) is 8.37. The smallest absolute Gasteiger partial charge is 0.313 e. The van der Waals surface area contributed by atoms with Crippen LogP contribution < -0.4 is 0 Å². The third-order valence-corrected chi connectivity index (χ3v) is 5.35. The summed E-state index contributed by atoms with van der Waals surface area (Å²) in [6, 6.07) is 11.9. The van der Waals surface area contributed by atoms with Gasteiger partial charge in [-0.1, -0.05) is 30.3 Å². The molecular formula is C21H27N3O3. The number of likely N-dealkylation sites (tertiary alicyclic amines) is 1. The van der Waals surface area contributed by atoms with Gasteiger partial charge in [0.05, 0.1) is 12.0 Å². The van der Waals surface area contributed by atoms with Crippen LogP contribution in [0.4, 0.5) is 0 Å². The molecule has 0 bridgehead atoms. The van der Waals surface area contributed by atoms with E-state index in [1.54, 1.807) is 28.9 Å². The van der Waals surface area contributed by atoms with E-state index in [-0.39, 0.29) is 11.9 Å². The molecule has 1 aromatic heterocycles. The number of hydrogen-bond acceptors (Lipinski definition) is 4. The molecule has 0 radical (unpaired) electrons. The summed E-state index contributed by atoms with van der Waals surface area (Å²) >= 11 is 0. The number of ether oxygens (including phenoxy) is 1. The molecule has 6 nitrogen and oxygen atoms in total. The lowest BCUT2D eigenvalue weighted by molar-refractivity contribution is -0.159. The first-order chi connectivity index (χ1) is 13.1. The van der Waals surface area contributed by atoms with Crippen LogP contribution in [0.1, 0.15) is 42.2 Å². The first-order valence-electron chi connectivity index (χ1n) is 9.54. The molecule has 1 aromatic carbocycles. The number of amides is 1. The minimum absolute atomic E-state index is 0.0805. The highest BCUT2D eigenvalue weighted by molar-refractivity contribution is 5.93. The average molecular weight is 369 g/mol. The molecule has 1 aliphatic rings. The van der Waals surface area contributed by atoms with Crippen molar-refractivity contribution < 1.29 is 14.3 Å². The summed E-state index contributed by atoms with van der Waals surface area (Å²) in [4.78, 5) is 27.6. The highest BCUT2D eigenvalue weighted by Crippen LogP contribution is 2.36. The number of esters is 1. The second-order valence-electron chi connectivity index (χ2n) is 7.16. The maximum absolute atomic E-state index is 12.9. The summed E-state index contributed by atoms with van der Waals surface area (Å²) in [5.41, 5.74) is 1.08. The van der Waals surface area contributed by atoms with Crippen molar-refractivity contribution in [2.75, 3.05) is 19.7 Å². The van der Waals surface area contributed by atoms with Crippen molar-refractivity contribution in [3.05, 3.63) is 53.9 Å². The lowest BCUT2D eigenvalue weighted by Crippen LogP contribution is -2.51. The Morgan fingerprint density at radius 3 is 2.67 bits per heavy atom. The maximum atomic E-state index is 12.9. The molecular weight excluding hydrogens is 342 g/mol. The van der Waals surface area contributed by atoms with Crippen molar-refractivity contribution in [1.82, 2.24) is 14.7 Å². The van der Waals surface area contributed by atoms with Crippen molar-refractivity contribution in [1.29, 1.82) is 0 Å². The minimum Gasteiger partial charge on any atom is -0.466 e. The molecule has 0 spiro atoms. The highest BCUT2D eigenvalue weighted by atomic mass is 16.5. The molecule has 1 aliphatic heterocycles. The molecule has 6 heteroatoms. The molecule has 2 heterocycles. The van der Waals surface area contributed by atoms with Gasteiger partial charge < -0.3 is 9.64 Å². The van der Waals surface area contributed by atoms with E-state index >= 15 is 0 Å². The first-order valence-corrected chi connectivity index (χ1v) is 9.54. The van der Waals surface area contributed by atoms with Gasteiger partial charge in [-0.25, -0.2) is 0 Å². The molecule has 27 heavy (non-hydrogen) atoms. The molecule has 0 saturated carbocycles. The Bertz CT molecular complexity index is 787. The molecule has 0 unspecified atom stereocenters. The molecule has 1 amide bonds. The number of hydrogen-bond donors (Lipinski definition) is 0. The van der Waals surface area contributed by atoms with Crippen LogP contribution in [0.25, 0.3) is 0 Å². The quantitative estimate of drug-likeness (QED) is 0.735. The maximum Gasteiger partial charge on any atom is 0.313 e. The van der Waals surface area contributed by atoms with Crippen LogP contribution in [0.5, 0.6) is 0 Å². The summed E-state index contributed by atoms with van der Waals surface area (Å²) in [5, 5.41) is 4.09. The predicted molar refractivity (Wildman–Crippen MR) is 102 cm³/mol. The molecule has 0 aliphatic carbocycles. The minimum atomic E-state index is -0.654. The van der Waals surface area contributed by atoms with Gasteiger partial charge in [0, 0.05) is 26.3 Å². The Labute approximate surface area is 160 Å². The Hall–Kier alpha value is -2.63. The van der Waals surface area contributed by atoms with Crippen LogP contribution in [0.3, 0.4) is 0 Å². The van der Waals surface area contributed by atoms with Gasteiger partial charge in [0.25, 0.3) is 5.91 Å². The van der Waals surface area contributed by atoms with Crippen molar-refractivity contribution in [3.63, 3.8) is 0 Å². The van der Waals surface area contributed by atoms with Gasteiger partial charge in [-0.3, -0.25) is 14.3 Å². The summed E-state index contributed by atoms with van der Waals surface area (Å²) in [5.74, 6) is -0.272. The fourth-order valence-electron chi connectivity index (χ4n) is 3.84. The van der Waals surface area contributed by atoms with Gasteiger partial charge in [0.1, 0.15) is 5.69 Å². The molecule has 1 saturated heterocycles. The Balaban J connectivity index is 1.80. The topological polar surface area (TPSA) is 64.4 Å². The standard InChI is InChI=1S/C21H27N3O3/c1-3-27-20(26)21(13-10-17-8-5-4-6-9-17)12-7-15-24(16-21)19(25)18-11-14-22-23(18)2/h4-6,8-9,11,14H,3,7,10,12-13,15-16H2,1-2H3/t21-/m1/s1. The summed E-state index contributed by atoms with van der Waals surface area (Å²) in [7, 11) is 1.76. The van der Waals surface area contributed by atoms with Gasteiger partial charge in [0.2, 0.25) is 0 Å². The van der Waals surface area contributed by atoms with Crippen LogP contribution in [-0.2, 0) is 23.0 Å². The van der Waals surface area contributed by atoms with Gasteiger partial charge in [-0.15, -0.1) is 0 Å². The van der Waals surface area contributed by atoms with E-state index < -0.39 is 5.41 Å². The predicted octanol–water partition coefficient (Wildman–Crippen LogP) is 2.84. The van der Waals surface area contributed by atoms with E-state index in [9.17, 15) is 9.59 Å². The number of carbonyl (C=O) groups is 2. The van der Waals surface area contributed by atoms with E-state index in [2.05, 4.69) is 17.2 Å². The van der Waals surface area contributed by atoms with Gasteiger partial charge in [-0.05, 0) is 44.2 Å². The Morgan fingerprint density at radius 2 is 2.00 bits per heavy atom. The lowest BCUT2D eigenvalue weighted by Gasteiger charge is -2.41. The molecule has 3 rings (SSSR count). The van der Waals surface area contributed by atoms with E-state index in [1.807, 2.05) is 25.1 Å². The van der Waals surface area contributed by atoms with E-state index in [4.69, 9.17) is 4.74 Å². The normalized spacial score (nSPS) is 19.7. The Kier molecular flexibility index (Phi) is 5.94. The second-order valence-corrected chi connectivity index (χ2v) is 7.16. The van der Waals surface area contributed by atoms with E-state index in [0.717, 1.165) is 19.3 Å². The molecule has 0 N–H and O–H groups in total. The molecule has 1 atom stereocenters. The van der Waals surface area contributed by atoms with E-state index in [0.29, 0.717) is 31.8 Å². The number of rotatable bonds is 6. The fraction of sp³-hybridized carbons (Fsp3) is 0.476. The summed E-state index contributed by atoms with van der Waals surface area (Å²) in [6.45, 7) is 3.21. The highest BCUT2D eigenvalue weighted by Gasteiger charge is 2.44. The zero-order chi connectivity index (χ0) is 19.3. The zero-order valence-corrected chi connectivity index (χ0v) is 16.1. The van der Waals surface area contributed by atoms with Crippen LogP contribution >= 0.6 is 0 Å². The van der Waals surface area contributed by atoms with Gasteiger partial charge in [-0.2, -0.15) is 5.10 Å². The molecule has 144 valence electrons. The van der Waals surface area contributed by atoms with E-state index in [1.165, 1.54) is 5.56 Å². The fourth-order valence-corrected chi connectivity index (χ4v) is 3.84. The number of aromatic nitrogens is 2. The van der Waals surface area contributed by atoms with Crippen molar-refractivity contribution >= 4 is 11.9 Å². The average Bonchev–Trinajstić information content (AvgIpc) is 3.13. The third kappa shape index (κ3) is 4.21. The SMILES string of the molecule is CCOC(=O)[C@@]1(CCc2ccccc2)CCCN(C(=O)c2ccnn2C)C1. The number of benzene rings is 1. The molecule has 1 fully saturated rings. The van der Waals surface area contributed by atoms with Crippen LogP contribution in [0.2, 0.25) is 0 Å². The number of piperidine rings is 1.